The molecule has 1 aliphatic heterocycles. The van der Waals surface area contributed by atoms with E-state index in [-0.39, 0.29) is 12.5 Å². The van der Waals surface area contributed by atoms with Gasteiger partial charge in [-0.25, -0.2) is 0 Å². The zero-order chi connectivity index (χ0) is 37.4. The van der Waals surface area contributed by atoms with E-state index < -0.39 is 49.5 Å². The normalized spacial score (nSPS) is 22.4. The fraction of sp³-hybridized carbons (Fsp3) is 0.833. The van der Waals surface area contributed by atoms with Crippen molar-refractivity contribution in [2.75, 3.05) is 13.2 Å². The van der Waals surface area contributed by atoms with Crippen LogP contribution in [0.25, 0.3) is 0 Å². The van der Waals surface area contributed by atoms with Crippen molar-refractivity contribution >= 4 is 5.91 Å². The van der Waals surface area contributed by atoms with Gasteiger partial charge in [0.2, 0.25) is 5.91 Å². The minimum atomic E-state index is -1.57. The highest BCUT2D eigenvalue weighted by molar-refractivity contribution is 5.76. The monoisotopic (exact) mass is 724 g/mol. The number of hydrogen-bond acceptors (Lipinski definition) is 8. The van der Waals surface area contributed by atoms with Crippen LogP contribution in [0.15, 0.2) is 36.5 Å². The van der Waals surface area contributed by atoms with Gasteiger partial charge in [-0.1, -0.05) is 140 Å². The Bertz CT molecular complexity index is 894. The lowest BCUT2D eigenvalue weighted by Gasteiger charge is -2.40. The Kier molecular flexibility index (Phi) is 30.7. The van der Waals surface area contributed by atoms with E-state index >= 15 is 0 Å². The Morgan fingerprint density at radius 1 is 0.647 bits per heavy atom. The summed E-state index contributed by atoms with van der Waals surface area (Å²) in [5.41, 5.74) is 0. The van der Waals surface area contributed by atoms with Gasteiger partial charge in [-0.2, -0.15) is 0 Å². The molecular weight excluding hydrogens is 646 g/mol. The number of allylic oxidation sites excluding steroid dienone is 5. The maximum atomic E-state index is 12.9. The molecule has 1 amide bonds. The fourth-order valence-corrected chi connectivity index (χ4v) is 6.28. The van der Waals surface area contributed by atoms with Crippen LogP contribution in [0, 0.1) is 0 Å². The summed E-state index contributed by atoms with van der Waals surface area (Å²) in [7, 11) is 0. The van der Waals surface area contributed by atoms with Gasteiger partial charge in [-0.15, -0.1) is 0 Å². The Labute approximate surface area is 311 Å². The number of rotatable bonds is 33. The van der Waals surface area contributed by atoms with Gasteiger partial charge in [0.1, 0.15) is 24.4 Å². The van der Waals surface area contributed by atoms with E-state index in [0.29, 0.717) is 6.42 Å². The van der Waals surface area contributed by atoms with Gasteiger partial charge in [0.25, 0.3) is 0 Å². The summed E-state index contributed by atoms with van der Waals surface area (Å²) in [6, 6.07) is -0.822. The van der Waals surface area contributed by atoms with Crippen molar-refractivity contribution in [2.45, 2.75) is 211 Å². The molecule has 1 saturated heterocycles. The molecule has 298 valence electrons. The summed E-state index contributed by atoms with van der Waals surface area (Å²) in [6.07, 6.45) is 31.8. The van der Waals surface area contributed by atoms with Gasteiger partial charge in [0, 0.05) is 6.42 Å². The molecule has 0 spiro atoms. The number of ether oxygens (including phenoxy) is 2. The number of hydrogen-bond donors (Lipinski definition) is 6. The zero-order valence-electron chi connectivity index (χ0n) is 32.4. The molecule has 0 saturated carbocycles. The second kappa shape index (κ2) is 33.0. The molecular formula is C42H77NO8. The van der Waals surface area contributed by atoms with Crippen molar-refractivity contribution < 1.29 is 39.8 Å². The summed E-state index contributed by atoms with van der Waals surface area (Å²) >= 11 is 0. The summed E-state index contributed by atoms with van der Waals surface area (Å²) in [5.74, 6) is -0.199. The number of nitrogens with one attached hydrogen (secondary N) is 1. The quantitative estimate of drug-likeness (QED) is 0.0298. The molecule has 0 radical (unpaired) electrons. The van der Waals surface area contributed by atoms with E-state index in [0.717, 1.165) is 57.8 Å². The molecule has 9 heteroatoms. The van der Waals surface area contributed by atoms with Crippen LogP contribution in [-0.2, 0) is 14.3 Å². The third-order valence-electron chi connectivity index (χ3n) is 9.69. The van der Waals surface area contributed by atoms with Crippen molar-refractivity contribution in [1.29, 1.82) is 0 Å². The third kappa shape index (κ3) is 24.4. The van der Waals surface area contributed by atoms with Crippen molar-refractivity contribution in [3.63, 3.8) is 0 Å². The van der Waals surface area contributed by atoms with E-state index in [9.17, 15) is 30.3 Å². The highest BCUT2D eigenvalue weighted by Gasteiger charge is 2.44. The number of carbonyl (C=O) groups excluding carboxylic acids is 1. The Morgan fingerprint density at radius 3 is 1.67 bits per heavy atom. The number of aliphatic hydroxyl groups is 5. The number of amides is 1. The van der Waals surface area contributed by atoms with Gasteiger partial charge < -0.3 is 40.3 Å². The van der Waals surface area contributed by atoms with Crippen molar-refractivity contribution in [2.24, 2.45) is 0 Å². The molecule has 9 nitrogen and oxygen atoms in total. The van der Waals surface area contributed by atoms with Crippen LogP contribution >= 0.6 is 0 Å². The van der Waals surface area contributed by atoms with E-state index in [1.807, 2.05) is 6.08 Å². The minimum Gasteiger partial charge on any atom is -0.394 e. The number of carbonyl (C=O) groups is 1. The first-order chi connectivity index (χ1) is 24.8. The molecule has 51 heavy (non-hydrogen) atoms. The van der Waals surface area contributed by atoms with Gasteiger partial charge in [-0.3, -0.25) is 4.79 Å². The van der Waals surface area contributed by atoms with Crippen LogP contribution in [0.2, 0.25) is 0 Å². The van der Waals surface area contributed by atoms with Crippen LogP contribution in [0.4, 0.5) is 0 Å². The van der Waals surface area contributed by atoms with E-state index in [1.54, 1.807) is 6.08 Å². The summed E-state index contributed by atoms with van der Waals surface area (Å²) in [6.45, 7) is 3.71. The van der Waals surface area contributed by atoms with Gasteiger partial charge >= 0.3 is 0 Å². The standard InChI is InChI=1S/C42H77NO8/c1-3-5-7-9-11-13-15-17-18-20-21-23-25-27-29-31-36(45)35(34-50-42-41(49)40(48)39(47)37(33-44)51-42)43-38(46)32-30-28-26-24-22-19-16-14-12-10-8-6-4-2/h14,16,21,23,29,31,35-37,39-42,44-45,47-49H,3-13,15,17-20,22,24-28,30,32-34H2,1-2H3,(H,43,46)/b16-14+,23-21+,31-29+/t35-,36+,37+,39+,40?,41?,42+/m0/s1. The fourth-order valence-electron chi connectivity index (χ4n) is 6.28. The summed E-state index contributed by atoms with van der Waals surface area (Å²) in [5, 5.41) is 54.0. The molecule has 0 aromatic carbocycles. The maximum Gasteiger partial charge on any atom is 0.220 e. The average molecular weight is 724 g/mol. The van der Waals surface area contributed by atoms with Crippen LogP contribution in [-0.4, -0.2) is 87.5 Å². The molecule has 1 aliphatic rings. The lowest BCUT2D eigenvalue weighted by molar-refractivity contribution is -0.302. The Morgan fingerprint density at radius 2 is 1.12 bits per heavy atom. The largest absolute Gasteiger partial charge is 0.394 e. The lowest BCUT2D eigenvalue weighted by atomic mass is 9.99. The predicted molar refractivity (Wildman–Crippen MR) is 207 cm³/mol. The van der Waals surface area contributed by atoms with Crippen LogP contribution in [0.1, 0.15) is 168 Å². The SMILES string of the molecule is CCCCCC/C=C/CCCCCCCC(=O)N[C@@H](CO[C@@H]1O[C@H](CO)[C@@H](O)C(O)C1O)[C@H](O)/C=C/CC/C=C/CCCCCCCCCCC. The zero-order valence-corrected chi connectivity index (χ0v) is 32.4. The molecule has 2 unspecified atom stereocenters. The molecule has 0 aliphatic carbocycles. The van der Waals surface area contributed by atoms with Crippen LogP contribution in [0.3, 0.4) is 0 Å². The number of unbranched alkanes of at least 4 members (excludes halogenated alkanes) is 19. The molecule has 6 N–H and O–H groups in total. The topological polar surface area (TPSA) is 149 Å². The molecule has 0 aromatic rings. The smallest absolute Gasteiger partial charge is 0.220 e. The minimum absolute atomic E-state index is 0.199. The van der Waals surface area contributed by atoms with Crippen molar-refractivity contribution in [3.05, 3.63) is 36.5 Å². The first kappa shape index (κ1) is 47.4. The molecule has 1 fully saturated rings. The maximum absolute atomic E-state index is 12.9. The van der Waals surface area contributed by atoms with E-state index in [2.05, 4.69) is 43.5 Å². The molecule has 1 rings (SSSR count). The Balaban J connectivity index is 2.46. The highest BCUT2D eigenvalue weighted by Crippen LogP contribution is 2.22. The second-order valence-corrected chi connectivity index (χ2v) is 14.4. The van der Waals surface area contributed by atoms with Crippen molar-refractivity contribution in [1.82, 2.24) is 5.32 Å². The first-order valence-electron chi connectivity index (χ1n) is 20.7. The van der Waals surface area contributed by atoms with E-state index in [4.69, 9.17) is 9.47 Å². The third-order valence-corrected chi connectivity index (χ3v) is 9.69. The van der Waals surface area contributed by atoms with Gasteiger partial charge in [-0.05, 0) is 57.8 Å². The number of aliphatic hydroxyl groups excluding tert-OH is 5. The second-order valence-electron chi connectivity index (χ2n) is 14.4. The first-order valence-corrected chi connectivity index (χ1v) is 20.7. The van der Waals surface area contributed by atoms with Crippen LogP contribution < -0.4 is 5.32 Å². The van der Waals surface area contributed by atoms with Gasteiger partial charge in [0.15, 0.2) is 6.29 Å². The molecule has 7 atom stereocenters. The molecule has 0 bridgehead atoms. The van der Waals surface area contributed by atoms with Crippen LogP contribution in [0.5, 0.6) is 0 Å². The van der Waals surface area contributed by atoms with Crippen molar-refractivity contribution in [3.8, 4) is 0 Å². The molecule has 1 heterocycles. The van der Waals surface area contributed by atoms with E-state index in [1.165, 1.54) is 89.9 Å². The summed E-state index contributed by atoms with van der Waals surface area (Å²) in [4.78, 5) is 12.9. The Hall–Kier alpha value is -1.59. The summed E-state index contributed by atoms with van der Waals surface area (Å²) < 4.78 is 11.2. The predicted octanol–water partition coefficient (Wildman–Crippen LogP) is 7.72. The lowest BCUT2D eigenvalue weighted by Crippen LogP contribution is -2.60. The average Bonchev–Trinajstić information content (AvgIpc) is 3.13. The molecule has 0 aromatic heterocycles. The highest BCUT2D eigenvalue weighted by atomic mass is 16.7. The van der Waals surface area contributed by atoms with Gasteiger partial charge in [0.05, 0.1) is 25.4 Å².